The molecular formula is C16H16ClFN6. The van der Waals surface area contributed by atoms with Crippen molar-refractivity contribution in [2.24, 2.45) is 13.0 Å². The third-order valence-electron chi connectivity index (χ3n) is 4.18. The number of benzene rings is 1. The maximum atomic E-state index is 13.5. The number of fused-ring (bicyclic) bond motifs is 1. The first-order chi connectivity index (χ1) is 11.5. The van der Waals surface area contributed by atoms with E-state index in [1.807, 2.05) is 0 Å². The van der Waals surface area contributed by atoms with Gasteiger partial charge in [0.1, 0.15) is 11.6 Å². The highest BCUT2D eigenvalue weighted by molar-refractivity contribution is 6.31. The van der Waals surface area contributed by atoms with Crippen molar-refractivity contribution in [3.8, 4) is 11.3 Å². The molecule has 1 fully saturated rings. The van der Waals surface area contributed by atoms with Crippen LogP contribution in [0.4, 0.5) is 16.2 Å². The van der Waals surface area contributed by atoms with Gasteiger partial charge < -0.3 is 11.1 Å². The summed E-state index contributed by atoms with van der Waals surface area (Å²) in [7, 11) is 1.75. The van der Waals surface area contributed by atoms with Gasteiger partial charge in [-0.3, -0.25) is 4.68 Å². The Morgan fingerprint density at radius 1 is 1.38 bits per heavy atom. The van der Waals surface area contributed by atoms with Crippen molar-refractivity contribution in [2.75, 3.05) is 17.6 Å². The van der Waals surface area contributed by atoms with Crippen LogP contribution in [0, 0.1) is 11.7 Å². The second-order valence-electron chi connectivity index (χ2n) is 6.06. The van der Waals surface area contributed by atoms with Crippen LogP contribution >= 0.6 is 11.6 Å². The zero-order valence-corrected chi connectivity index (χ0v) is 13.8. The van der Waals surface area contributed by atoms with E-state index in [0.717, 1.165) is 6.54 Å². The van der Waals surface area contributed by atoms with Crippen LogP contribution in [0.25, 0.3) is 22.3 Å². The number of hydrogen-bond acceptors (Lipinski definition) is 5. The quantitative estimate of drug-likeness (QED) is 0.758. The first-order valence-electron chi connectivity index (χ1n) is 7.72. The van der Waals surface area contributed by atoms with Gasteiger partial charge in [0.2, 0.25) is 5.95 Å². The molecule has 3 N–H and O–H groups in total. The molecule has 0 saturated heterocycles. The average Bonchev–Trinajstić information content (AvgIpc) is 3.34. The SMILES string of the molecule is Cn1nc2nc(NCC3CC3)nc(-c3ccc(F)c(Cl)c3)c2c1N. The van der Waals surface area contributed by atoms with Crippen LogP contribution in [0.2, 0.25) is 5.02 Å². The number of nitrogens with zero attached hydrogens (tertiary/aromatic N) is 4. The molecule has 0 unspecified atom stereocenters. The Hall–Kier alpha value is -2.41. The van der Waals surface area contributed by atoms with Crippen LogP contribution < -0.4 is 11.1 Å². The zero-order valence-electron chi connectivity index (χ0n) is 13.1. The van der Waals surface area contributed by atoms with Crippen molar-refractivity contribution in [1.29, 1.82) is 0 Å². The van der Waals surface area contributed by atoms with Gasteiger partial charge >= 0.3 is 0 Å². The Morgan fingerprint density at radius 2 is 2.17 bits per heavy atom. The summed E-state index contributed by atoms with van der Waals surface area (Å²) in [6.07, 6.45) is 2.46. The second kappa shape index (κ2) is 5.59. The minimum atomic E-state index is -0.475. The van der Waals surface area contributed by atoms with Crippen LogP contribution in [-0.4, -0.2) is 26.3 Å². The van der Waals surface area contributed by atoms with E-state index in [1.165, 1.54) is 25.0 Å². The molecule has 4 rings (SSSR count). The average molecular weight is 347 g/mol. The Balaban J connectivity index is 1.87. The predicted molar refractivity (Wildman–Crippen MR) is 92.3 cm³/mol. The van der Waals surface area contributed by atoms with Gasteiger partial charge in [-0.2, -0.15) is 10.1 Å². The van der Waals surface area contributed by atoms with Gasteiger partial charge in [0, 0.05) is 19.2 Å². The Labute approximate surface area is 142 Å². The van der Waals surface area contributed by atoms with E-state index in [9.17, 15) is 4.39 Å². The highest BCUT2D eigenvalue weighted by atomic mass is 35.5. The highest BCUT2D eigenvalue weighted by Gasteiger charge is 2.22. The van der Waals surface area contributed by atoms with E-state index in [0.29, 0.717) is 40.0 Å². The number of nitrogen functional groups attached to an aromatic ring is 1. The van der Waals surface area contributed by atoms with E-state index in [-0.39, 0.29) is 5.02 Å². The molecule has 3 aromatic rings. The summed E-state index contributed by atoms with van der Waals surface area (Å²) >= 11 is 5.92. The summed E-state index contributed by atoms with van der Waals surface area (Å²) in [4.78, 5) is 9.02. The zero-order chi connectivity index (χ0) is 16.8. The molecule has 0 bridgehead atoms. The number of aryl methyl sites for hydroxylation is 1. The fourth-order valence-electron chi connectivity index (χ4n) is 2.60. The molecular weight excluding hydrogens is 331 g/mol. The van der Waals surface area contributed by atoms with Gasteiger partial charge in [-0.05, 0) is 37.0 Å². The van der Waals surface area contributed by atoms with Crippen LogP contribution in [0.15, 0.2) is 18.2 Å². The van der Waals surface area contributed by atoms with Crippen molar-refractivity contribution in [3.05, 3.63) is 29.0 Å². The fourth-order valence-corrected chi connectivity index (χ4v) is 2.78. The summed E-state index contributed by atoms with van der Waals surface area (Å²) in [6.45, 7) is 0.831. The van der Waals surface area contributed by atoms with E-state index in [4.69, 9.17) is 17.3 Å². The van der Waals surface area contributed by atoms with Gasteiger partial charge in [0.25, 0.3) is 0 Å². The van der Waals surface area contributed by atoms with Gasteiger partial charge in [-0.1, -0.05) is 11.6 Å². The minimum absolute atomic E-state index is 0.0363. The summed E-state index contributed by atoms with van der Waals surface area (Å²) in [5, 5.41) is 8.25. The molecule has 124 valence electrons. The molecule has 6 nitrogen and oxygen atoms in total. The molecule has 2 aromatic heterocycles. The molecule has 1 saturated carbocycles. The third kappa shape index (κ3) is 2.65. The first-order valence-corrected chi connectivity index (χ1v) is 8.10. The number of nitrogens with one attached hydrogen (secondary N) is 1. The van der Waals surface area contributed by atoms with Crippen LogP contribution in [0.5, 0.6) is 0 Å². The molecule has 1 aliphatic carbocycles. The van der Waals surface area contributed by atoms with Gasteiger partial charge in [-0.15, -0.1) is 0 Å². The largest absolute Gasteiger partial charge is 0.383 e. The topological polar surface area (TPSA) is 81.7 Å². The van der Waals surface area contributed by atoms with Crippen LogP contribution in [0.3, 0.4) is 0 Å². The van der Waals surface area contributed by atoms with Crippen molar-refractivity contribution in [1.82, 2.24) is 19.7 Å². The molecule has 1 aliphatic rings. The van der Waals surface area contributed by atoms with Crippen LogP contribution in [-0.2, 0) is 7.05 Å². The molecule has 2 heterocycles. The number of anilines is 2. The molecule has 8 heteroatoms. The molecule has 24 heavy (non-hydrogen) atoms. The maximum Gasteiger partial charge on any atom is 0.225 e. The van der Waals surface area contributed by atoms with E-state index < -0.39 is 5.82 Å². The van der Waals surface area contributed by atoms with Crippen molar-refractivity contribution < 1.29 is 4.39 Å². The fraction of sp³-hybridized carbons (Fsp3) is 0.312. The predicted octanol–water partition coefficient (Wildman–Crippen LogP) is 3.23. The lowest BCUT2D eigenvalue weighted by atomic mass is 10.1. The van der Waals surface area contributed by atoms with Gasteiger partial charge in [-0.25, -0.2) is 9.37 Å². The van der Waals surface area contributed by atoms with Crippen LogP contribution in [0.1, 0.15) is 12.8 Å². The number of halogens is 2. The molecule has 0 amide bonds. The third-order valence-corrected chi connectivity index (χ3v) is 4.47. The summed E-state index contributed by atoms with van der Waals surface area (Å²) in [5.41, 5.74) is 7.88. The monoisotopic (exact) mass is 346 g/mol. The number of hydrogen-bond donors (Lipinski definition) is 2. The van der Waals surface area contributed by atoms with E-state index in [2.05, 4.69) is 20.4 Å². The van der Waals surface area contributed by atoms with Crippen molar-refractivity contribution >= 4 is 34.4 Å². The Kier molecular flexibility index (Phi) is 3.53. The number of nitrogens with two attached hydrogens (primary N) is 1. The molecule has 0 radical (unpaired) electrons. The normalized spacial score (nSPS) is 14.3. The first kappa shape index (κ1) is 15.1. The second-order valence-corrected chi connectivity index (χ2v) is 6.46. The smallest absolute Gasteiger partial charge is 0.225 e. The van der Waals surface area contributed by atoms with Crippen molar-refractivity contribution in [2.45, 2.75) is 12.8 Å². The Morgan fingerprint density at radius 3 is 2.88 bits per heavy atom. The number of rotatable bonds is 4. The van der Waals surface area contributed by atoms with E-state index in [1.54, 1.807) is 17.8 Å². The minimum Gasteiger partial charge on any atom is -0.383 e. The molecule has 0 atom stereocenters. The lowest BCUT2D eigenvalue weighted by molar-refractivity contribution is 0.628. The standard InChI is InChI=1S/C16H16ClFN6/c1-24-14(19)12-13(9-4-5-11(18)10(17)6-9)21-16(22-15(12)23-24)20-7-8-2-3-8/h4-6,8H,2-3,7,19H2,1H3,(H,20,22,23). The molecule has 0 aliphatic heterocycles. The Bertz CT molecular complexity index is 934. The van der Waals surface area contributed by atoms with Gasteiger partial charge in [0.05, 0.1) is 16.1 Å². The summed E-state index contributed by atoms with van der Waals surface area (Å²) in [6, 6.07) is 4.48. The molecule has 0 spiro atoms. The van der Waals surface area contributed by atoms with E-state index >= 15 is 0 Å². The summed E-state index contributed by atoms with van der Waals surface area (Å²) in [5.74, 6) is 1.15. The lowest BCUT2D eigenvalue weighted by Gasteiger charge is -2.08. The summed E-state index contributed by atoms with van der Waals surface area (Å²) < 4.78 is 15.0. The number of aromatic nitrogens is 4. The maximum absolute atomic E-state index is 13.5. The molecule has 1 aromatic carbocycles. The van der Waals surface area contributed by atoms with Gasteiger partial charge in [0.15, 0.2) is 5.65 Å². The lowest BCUT2D eigenvalue weighted by Crippen LogP contribution is -2.07. The van der Waals surface area contributed by atoms with Crippen molar-refractivity contribution in [3.63, 3.8) is 0 Å². The highest BCUT2D eigenvalue weighted by Crippen LogP contribution is 2.33.